The van der Waals surface area contributed by atoms with Gasteiger partial charge in [0.2, 0.25) is 5.91 Å². The molecule has 0 aliphatic rings. The Balaban J connectivity index is 2.43. The molecule has 0 bridgehead atoms. The van der Waals surface area contributed by atoms with Crippen LogP contribution in [0.3, 0.4) is 0 Å². The third kappa shape index (κ3) is 5.83. The number of aliphatic hydroxyl groups excluding tert-OH is 1. The molecule has 1 aromatic carbocycles. The van der Waals surface area contributed by atoms with E-state index in [9.17, 15) is 14.7 Å². The number of amides is 2. The van der Waals surface area contributed by atoms with Gasteiger partial charge in [0.15, 0.2) is 0 Å². The zero-order valence-electron chi connectivity index (χ0n) is 12.7. The molecule has 7 heteroatoms. The van der Waals surface area contributed by atoms with Crippen LogP contribution in [0.15, 0.2) is 18.2 Å². The minimum Gasteiger partial charge on any atom is -0.391 e. The van der Waals surface area contributed by atoms with E-state index in [2.05, 4.69) is 10.6 Å². The van der Waals surface area contributed by atoms with Crippen LogP contribution < -0.4 is 10.6 Å². The molecule has 22 heavy (non-hydrogen) atoms. The lowest BCUT2D eigenvalue weighted by molar-refractivity contribution is -0.120. The van der Waals surface area contributed by atoms with Gasteiger partial charge in [-0.2, -0.15) is 0 Å². The number of hydrogen-bond donors (Lipinski definition) is 3. The molecule has 0 aromatic heterocycles. The lowest BCUT2D eigenvalue weighted by Crippen LogP contribution is -2.43. The summed E-state index contributed by atoms with van der Waals surface area (Å²) in [5.74, 6) is -0.804. The highest BCUT2D eigenvalue weighted by molar-refractivity contribution is 6.42. The maximum Gasteiger partial charge on any atom is 0.251 e. The number of benzene rings is 1. The molecule has 3 N–H and O–H groups in total. The molecular weight excluding hydrogens is 327 g/mol. The van der Waals surface area contributed by atoms with E-state index in [1.807, 2.05) is 20.8 Å². The van der Waals surface area contributed by atoms with Crippen LogP contribution in [0.1, 0.15) is 31.1 Å². The Hall–Kier alpha value is -1.30. The number of hydrogen-bond acceptors (Lipinski definition) is 3. The highest BCUT2D eigenvalue weighted by Crippen LogP contribution is 2.22. The van der Waals surface area contributed by atoms with Crippen molar-refractivity contribution < 1.29 is 14.7 Å². The quantitative estimate of drug-likeness (QED) is 0.764. The molecule has 0 spiro atoms. The number of carbonyl (C=O) groups is 2. The Bertz CT molecular complexity index is 556. The first-order chi connectivity index (χ1) is 10.1. The first kappa shape index (κ1) is 18.7. The molecule has 1 rings (SSSR count). The van der Waals surface area contributed by atoms with Gasteiger partial charge >= 0.3 is 0 Å². The number of rotatable bonds is 5. The third-order valence-corrected chi connectivity index (χ3v) is 3.82. The summed E-state index contributed by atoms with van der Waals surface area (Å²) in [7, 11) is 0. The summed E-state index contributed by atoms with van der Waals surface area (Å²) < 4.78 is 0. The van der Waals surface area contributed by atoms with Gasteiger partial charge in [0.05, 0.1) is 22.7 Å². The van der Waals surface area contributed by atoms with Crippen LogP contribution in [-0.2, 0) is 4.79 Å². The van der Waals surface area contributed by atoms with Crippen LogP contribution in [-0.4, -0.2) is 36.1 Å². The molecule has 0 aliphatic carbocycles. The average molecular weight is 347 g/mol. The van der Waals surface area contributed by atoms with Crippen molar-refractivity contribution in [2.24, 2.45) is 5.41 Å². The van der Waals surface area contributed by atoms with E-state index in [1.165, 1.54) is 18.2 Å². The lowest BCUT2D eigenvalue weighted by atomic mass is 9.89. The molecule has 1 unspecified atom stereocenters. The van der Waals surface area contributed by atoms with E-state index in [4.69, 9.17) is 23.2 Å². The van der Waals surface area contributed by atoms with Crippen LogP contribution in [0.2, 0.25) is 10.0 Å². The topological polar surface area (TPSA) is 78.4 Å². The van der Waals surface area contributed by atoms with Crippen LogP contribution in [0.4, 0.5) is 0 Å². The predicted octanol–water partition coefficient (Wildman–Crippen LogP) is 2.25. The summed E-state index contributed by atoms with van der Waals surface area (Å²) in [6, 6.07) is 4.46. The minimum atomic E-state index is -0.665. The van der Waals surface area contributed by atoms with E-state index in [1.54, 1.807) is 0 Å². The van der Waals surface area contributed by atoms with Crippen molar-refractivity contribution in [3.05, 3.63) is 33.8 Å². The molecule has 1 aromatic rings. The maximum absolute atomic E-state index is 11.9. The molecular formula is C15H20Cl2N2O3. The van der Waals surface area contributed by atoms with Gasteiger partial charge in [0, 0.05) is 12.1 Å². The van der Waals surface area contributed by atoms with Gasteiger partial charge in [-0.25, -0.2) is 0 Å². The van der Waals surface area contributed by atoms with Gasteiger partial charge in [0.25, 0.3) is 5.91 Å². The second-order valence-corrected chi connectivity index (χ2v) is 6.81. The molecule has 122 valence electrons. The average Bonchev–Trinajstić information content (AvgIpc) is 2.43. The fraction of sp³-hybridized carbons (Fsp3) is 0.467. The van der Waals surface area contributed by atoms with Gasteiger partial charge in [0.1, 0.15) is 0 Å². The number of nitrogens with one attached hydrogen (secondary N) is 2. The van der Waals surface area contributed by atoms with Crippen molar-refractivity contribution in [2.45, 2.75) is 26.9 Å². The Morgan fingerprint density at radius 1 is 1.18 bits per heavy atom. The number of carbonyl (C=O) groups excluding carboxylic acids is 2. The smallest absolute Gasteiger partial charge is 0.251 e. The zero-order valence-corrected chi connectivity index (χ0v) is 14.3. The highest BCUT2D eigenvalue weighted by atomic mass is 35.5. The molecule has 1 atom stereocenters. The van der Waals surface area contributed by atoms with Crippen molar-refractivity contribution in [1.82, 2.24) is 10.6 Å². The Morgan fingerprint density at radius 3 is 2.36 bits per heavy atom. The summed E-state index contributed by atoms with van der Waals surface area (Å²) >= 11 is 11.6. The summed E-state index contributed by atoms with van der Waals surface area (Å²) in [5, 5.41) is 15.5. The van der Waals surface area contributed by atoms with Crippen molar-refractivity contribution >= 4 is 35.0 Å². The zero-order chi connectivity index (χ0) is 16.9. The molecule has 0 heterocycles. The molecule has 2 amide bonds. The first-order valence-corrected chi connectivity index (χ1v) is 7.55. The van der Waals surface area contributed by atoms with Crippen molar-refractivity contribution in [3.63, 3.8) is 0 Å². The second-order valence-electron chi connectivity index (χ2n) is 6.00. The largest absolute Gasteiger partial charge is 0.391 e. The number of halogens is 2. The highest BCUT2D eigenvalue weighted by Gasteiger charge is 2.22. The molecule has 0 radical (unpaired) electrons. The molecule has 0 aliphatic heterocycles. The normalized spacial score (nSPS) is 12.6. The second kappa shape index (κ2) is 7.81. The van der Waals surface area contributed by atoms with Gasteiger partial charge in [-0.1, -0.05) is 44.0 Å². The SMILES string of the molecule is CC(C)(C)C(O)CNC(=O)CNC(=O)c1ccc(Cl)c(Cl)c1. The minimum absolute atomic E-state index is 0.130. The van der Waals surface area contributed by atoms with E-state index in [-0.39, 0.29) is 29.4 Å². The summed E-state index contributed by atoms with van der Waals surface area (Å²) in [6.45, 7) is 5.56. The van der Waals surface area contributed by atoms with Crippen LogP contribution >= 0.6 is 23.2 Å². The fourth-order valence-electron chi connectivity index (χ4n) is 1.48. The maximum atomic E-state index is 11.9. The van der Waals surface area contributed by atoms with Crippen LogP contribution in [0.5, 0.6) is 0 Å². The van der Waals surface area contributed by atoms with Crippen molar-refractivity contribution in [3.8, 4) is 0 Å². The predicted molar refractivity (Wildman–Crippen MR) is 87.3 cm³/mol. The monoisotopic (exact) mass is 346 g/mol. The van der Waals surface area contributed by atoms with Gasteiger partial charge in [-0.05, 0) is 23.6 Å². The van der Waals surface area contributed by atoms with Crippen molar-refractivity contribution in [1.29, 1.82) is 0 Å². The van der Waals surface area contributed by atoms with Gasteiger partial charge in [-0.3, -0.25) is 9.59 Å². The van der Waals surface area contributed by atoms with E-state index in [0.29, 0.717) is 10.6 Å². The third-order valence-electron chi connectivity index (χ3n) is 3.08. The summed E-state index contributed by atoms with van der Waals surface area (Å²) in [6.07, 6.45) is -0.665. The van der Waals surface area contributed by atoms with Gasteiger partial charge < -0.3 is 15.7 Å². The van der Waals surface area contributed by atoms with Crippen LogP contribution in [0, 0.1) is 5.41 Å². The van der Waals surface area contributed by atoms with Crippen molar-refractivity contribution in [2.75, 3.05) is 13.1 Å². The van der Waals surface area contributed by atoms with E-state index < -0.39 is 12.0 Å². The number of aliphatic hydroxyl groups is 1. The van der Waals surface area contributed by atoms with Crippen LogP contribution in [0.25, 0.3) is 0 Å². The van der Waals surface area contributed by atoms with Gasteiger partial charge in [-0.15, -0.1) is 0 Å². The standard InChI is InChI=1S/C15H20Cl2N2O3/c1-15(2,3)12(20)7-18-13(21)8-19-14(22)9-4-5-10(16)11(17)6-9/h4-6,12,20H,7-8H2,1-3H3,(H,18,21)(H,19,22). The Labute approximate surface area is 140 Å². The molecule has 0 saturated heterocycles. The molecule has 0 saturated carbocycles. The Kier molecular flexibility index (Phi) is 6.66. The summed E-state index contributed by atoms with van der Waals surface area (Å²) in [5.41, 5.74) is -0.00624. The fourth-order valence-corrected chi connectivity index (χ4v) is 1.78. The first-order valence-electron chi connectivity index (χ1n) is 6.79. The van der Waals surface area contributed by atoms with E-state index in [0.717, 1.165) is 0 Å². The Morgan fingerprint density at radius 2 is 1.82 bits per heavy atom. The summed E-state index contributed by atoms with van der Waals surface area (Å²) in [4.78, 5) is 23.5. The molecule has 5 nitrogen and oxygen atoms in total. The lowest BCUT2D eigenvalue weighted by Gasteiger charge is -2.25. The van der Waals surface area contributed by atoms with E-state index >= 15 is 0 Å². The molecule has 0 fully saturated rings.